The van der Waals surface area contributed by atoms with E-state index in [-0.39, 0.29) is 12.1 Å². The van der Waals surface area contributed by atoms with Crippen LogP contribution in [-0.2, 0) is 0 Å². The van der Waals surface area contributed by atoms with Crippen molar-refractivity contribution in [3.05, 3.63) is 46.5 Å². The van der Waals surface area contributed by atoms with Gasteiger partial charge in [0.25, 0.3) is 0 Å². The Balaban J connectivity index is 2.01. The number of nitrogens with zero attached hydrogens (tertiary/aromatic N) is 2. The molecule has 0 aliphatic rings. The van der Waals surface area contributed by atoms with Crippen molar-refractivity contribution >= 4 is 15.9 Å². The molecule has 2 unspecified atom stereocenters. The zero-order chi connectivity index (χ0) is 12.3. The van der Waals surface area contributed by atoms with Crippen LogP contribution in [0.15, 0.2) is 35.1 Å². The number of H-pyrrole nitrogens is 1. The molecule has 1 heterocycles. The summed E-state index contributed by atoms with van der Waals surface area (Å²) in [4.78, 5) is 4.14. The molecule has 0 amide bonds. The Morgan fingerprint density at radius 3 is 2.47 bits per heavy atom. The van der Waals surface area contributed by atoms with Crippen LogP contribution in [0.2, 0.25) is 0 Å². The third-order valence-corrected chi connectivity index (χ3v) is 3.24. The van der Waals surface area contributed by atoms with E-state index in [1.807, 2.05) is 12.1 Å². The number of halogens is 1. The van der Waals surface area contributed by atoms with Gasteiger partial charge in [0.1, 0.15) is 12.2 Å². The van der Waals surface area contributed by atoms with Crippen LogP contribution in [0.3, 0.4) is 0 Å². The number of benzene rings is 1. The number of aromatic nitrogens is 3. The summed E-state index contributed by atoms with van der Waals surface area (Å²) < 4.78 is 1.09. The molecule has 4 nitrogen and oxygen atoms in total. The first kappa shape index (κ1) is 12.3. The highest BCUT2D eigenvalue weighted by Crippen LogP contribution is 2.19. The van der Waals surface area contributed by atoms with Crippen molar-refractivity contribution in [3.63, 3.8) is 0 Å². The van der Waals surface area contributed by atoms with Crippen LogP contribution in [0.25, 0.3) is 0 Å². The lowest BCUT2D eigenvalue weighted by Gasteiger charge is -2.18. The average Bonchev–Trinajstić information content (AvgIpc) is 2.83. The molecule has 90 valence electrons. The number of hydrogen-bond donors (Lipinski definition) is 2. The van der Waals surface area contributed by atoms with Crippen molar-refractivity contribution in [2.45, 2.75) is 25.9 Å². The molecule has 17 heavy (non-hydrogen) atoms. The molecule has 2 atom stereocenters. The molecular formula is C12H15BrN4. The van der Waals surface area contributed by atoms with Crippen molar-refractivity contribution in [1.29, 1.82) is 0 Å². The molecule has 0 saturated carbocycles. The van der Waals surface area contributed by atoms with Gasteiger partial charge >= 0.3 is 0 Å². The molecule has 1 aromatic heterocycles. The molecule has 0 bridgehead atoms. The lowest BCUT2D eigenvalue weighted by molar-refractivity contribution is 0.477. The number of rotatable bonds is 4. The highest BCUT2D eigenvalue weighted by atomic mass is 79.9. The third-order valence-electron chi connectivity index (χ3n) is 2.71. The van der Waals surface area contributed by atoms with E-state index in [4.69, 9.17) is 0 Å². The summed E-state index contributed by atoms with van der Waals surface area (Å²) in [6, 6.07) is 8.72. The fourth-order valence-corrected chi connectivity index (χ4v) is 1.99. The second kappa shape index (κ2) is 5.42. The third kappa shape index (κ3) is 3.14. The second-order valence-corrected chi connectivity index (χ2v) is 4.95. The summed E-state index contributed by atoms with van der Waals surface area (Å²) in [5.74, 6) is 0.856. The first-order chi connectivity index (χ1) is 8.16. The van der Waals surface area contributed by atoms with E-state index in [1.165, 1.54) is 11.9 Å². The fraction of sp³-hybridized carbons (Fsp3) is 0.333. The van der Waals surface area contributed by atoms with Gasteiger partial charge in [-0.3, -0.25) is 5.10 Å². The number of nitrogens with one attached hydrogen (secondary N) is 2. The quantitative estimate of drug-likeness (QED) is 0.911. The van der Waals surface area contributed by atoms with Crippen LogP contribution in [0.1, 0.15) is 37.3 Å². The Bertz CT molecular complexity index is 452. The van der Waals surface area contributed by atoms with Crippen LogP contribution >= 0.6 is 15.9 Å². The maximum atomic E-state index is 4.14. The summed E-state index contributed by atoms with van der Waals surface area (Å²) in [5.41, 5.74) is 1.25. The molecule has 2 N–H and O–H groups in total. The van der Waals surface area contributed by atoms with Crippen LogP contribution in [0, 0.1) is 0 Å². The number of hydrogen-bond acceptors (Lipinski definition) is 3. The van der Waals surface area contributed by atoms with Crippen LogP contribution in [0.5, 0.6) is 0 Å². The summed E-state index contributed by atoms with van der Waals surface area (Å²) >= 11 is 3.43. The Hall–Kier alpha value is -1.20. The zero-order valence-electron chi connectivity index (χ0n) is 9.81. The fourth-order valence-electron chi connectivity index (χ4n) is 1.73. The van der Waals surface area contributed by atoms with Crippen LogP contribution in [-0.4, -0.2) is 15.2 Å². The summed E-state index contributed by atoms with van der Waals surface area (Å²) in [7, 11) is 0. The van der Waals surface area contributed by atoms with E-state index in [9.17, 15) is 0 Å². The molecule has 0 aliphatic heterocycles. The topological polar surface area (TPSA) is 53.6 Å². The molecule has 0 radical (unpaired) electrons. The van der Waals surface area contributed by atoms with Crippen molar-refractivity contribution < 1.29 is 0 Å². The highest BCUT2D eigenvalue weighted by Gasteiger charge is 2.12. The minimum Gasteiger partial charge on any atom is -0.301 e. The Morgan fingerprint density at radius 2 is 1.88 bits per heavy atom. The SMILES string of the molecule is CC(NC(C)c1ncn[nH]1)c1ccc(Br)cc1. The summed E-state index contributed by atoms with van der Waals surface area (Å²) in [6.07, 6.45) is 1.53. The minimum absolute atomic E-state index is 0.149. The van der Waals surface area contributed by atoms with Gasteiger partial charge in [-0.15, -0.1) is 0 Å². The molecule has 2 rings (SSSR count). The van der Waals surface area contributed by atoms with Gasteiger partial charge in [0, 0.05) is 10.5 Å². The van der Waals surface area contributed by atoms with Crippen molar-refractivity contribution in [2.24, 2.45) is 0 Å². The Kier molecular flexibility index (Phi) is 3.91. The van der Waals surface area contributed by atoms with E-state index in [0.717, 1.165) is 10.3 Å². The van der Waals surface area contributed by atoms with Crippen molar-refractivity contribution in [1.82, 2.24) is 20.5 Å². The molecule has 2 aromatic rings. The van der Waals surface area contributed by atoms with Gasteiger partial charge in [0.15, 0.2) is 0 Å². The molecular weight excluding hydrogens is 280 g/mol. The van der Waals surface area contributed by atoms with Gasteiger partial charge in [0.05, 0.1) is 6.04 Å². The molecule has 0 saturated heterocycles. The van der Waals surface area contributed by atoms with E-state index in [0.29, 0.717) is 0 Å². The summed E-state index contributed by atoms with van der Waals surface area (Å²) in [5, 5.41) is 10.2. The second-order valence-electron chi connectivity index (χ2n) is 4.03. The van der Waals surface area contributed by atoms with Crippen molar-refractivity contribution in [3.8, 4) is 0 Å². The van der Waals surface area contributed by atoms with Gasteiger partial charge in [-0.05, 0) is 31.5 Å². The normalized spacial score (nSPS) is 14.5. The van der Waals surface area contributed by atoms with Crippen LogP contribution in [0.4, 0.5) is 0 Å². The molecule has 0 fully saturated rings. The summed E-state index contributed by atoms with van der Waals surface area (Å²) in [6.45, 7) is 4.20. The largest absolute Gasteiger partial charge is 0.301 e. The Labute approximate surface area is 109 Å². The lowest BCUT2D eigenvalue weighted by atomic mass is 10.1. The van der Waals surface area contributed by atoms with E-state index >= 15 is 0 Å². The van der Waals surface area contributed by atoms with Gasteiger partial charge < -0.3 is 5.32 Å². The van der Waals surface area contributed by atoms with E-state index in [2.05, 4.69) is 62.4 Å². The number of aromatic amines is 1. The Morgan fingerprint density at radius 1 is 1.18 bits per heavy atom. The predicted molar refractivity (Wildman–Crippen MR) is 70.5 cm³/mol. The predicted octanol–water partition coefficient (Wildman–Crippen LogP) is 2.98. The molecule has 0 spiro atoms. The van der Waals surface area contributed by atoms with E-state index in [1.54, 1.807) is 0 Å². The van der Waals surface area contributed by atoms with Gasteiger partial charge in [-0.25, -0.2) is 4.98 Å². The standard InChI is InChI=1S/C12H15BrN4/c1-8(10-3-5-11(13)6-4-10)16-9(2)12-14-7-15-17-12/h3-9,16H,1-2H3,(H,14,15,17). The maximum Gasteiger partial charge on any atom is 0.141 e. The van der Waals surface area contributed by atoms with Gasteiger partial charge in [-0.2, -0.15) is 5.10 Å². The molecule has 0 aliphatic carbocycles. The van der Waals surface area contributed by atoms with Gasteiger partial charge in [-0.1, -0.05) is 28.1 Å². The van der Waals surface area contributed by atoms with Gasteiger partial charge in [0.2, 0.25) is 0 Å². The smallest absolute Gasteiger partial charge is 0.141 e. The molecule has 1 aromatic carbocycles. The zero-order valence-corrected chi connectivity index (χ0v) is 11.4. The molecule has 5 heteroatoms. The first-order valence-corrected chi connectivity index (χ1v) is 6.33. The maximum absolute atomic E-state index is 4.14. The highest BCUT2D eigenvalue weighted by molar-refractivity contribution is 9.10. The minimum atomic E-state index is 0.149. The van der Waals surface area contributed by atoms with Crippen molar-refractivity contribution in [2.75, 3.05) is 0 Å². The first-order valence-electron chi connectivity index (χ1n) is 5.53. The lowest BCUT2D eigenvalue weighted by Crippen LogP contribution is -2.23. The average molecular weight is 295 g/mol. The van der Waals surface area contributed by atoms with E-state index < -0.39 is 0 Å². The monoisotopic (exact) mass is 294 g/mol. The van der Waals surface area contributed by atoms with Crippen LogP contribution < -0.4 is 5.32 Å².